The molecule has 8 heteroatoms. The molecule has 1 aliphatic rings. The predicted octanol–water partition coefficient (Wildman–Crippen LogP) is 3.17. The third kappa shape index (κ3) is 5.12. The Morgan fingerprint density at radius 3 is 2.26 bits per heavy atom. The number of nitrogens with zero attached hydrogens (tertiary/aromatic N) is 3. The Labute approximate surface area is 204 Å². The number of hydrogen-bond donors (Lipinski definition) is 2. The highest BCUT2D eigenvalue weighted by Gasteiger charge is 2.35. The molecule has 3 aromatic rings. The Balaban J connectivity index is 1.72. The van der Waals surface area contributed by atoms with E-state index in [9.17, 15) is 14.4 Å². The molecule has 0 fully saturated rings. The van der Waals surface area contributed by atoms with Gasteiger partial charge in [0.1, 0.15) is 5.92 Å². The van der Waals surface area contributed by atoms with Gasteiger partial charge in [0.2, 0.25) is 17.7 Å². The summed E-state index contributed by atoms with van der Waals surface area (Å²) in [7, 11) is 5.43. The molecule has 3 N–H and O–H groups in total. The Kier molecular flexibility index (Phi) is 6.75. The molecule has 0 bridgehead atoms. The molecule has 3 amide bonds. The summed E-state index contributed by atoms with van der Waals surface area (Å²) in [6.07, 6.45) is 0. The van der Waals surface area contributed by atoms with E-state index in [0.29, 0.717) is 29.2 Å². The molecule has 0 aromatic heterocycles. The smallest absolute Gasteiger partial charge is 0.248 e. The van der Waals surface area contributed by atoms with Crippen molar-refractivity contribution in [3.8, 4) is 0 Å². The highest BCUT2D eigenvalue weighted by Crippen LogP contribution is 2.37. The maximum Gasteiger partial charge on any atom is 0.248 e. The van der Waals surface area contributed by atoms with E-state index in [-0.39, 0.29) is 11.8 Å². The number of nitrogens with two attached hydrogens (primary N) is 1. The number of hydrogen-bond acceptors (Lipinski definition) is 5. The maximum atomic E-state index is 13.1. The molecule has 178 valence electrons. The van der Waals surface area contributed by atoms with E-state index in [1.54, 1.807) is 30.1 Å². The molecular weight excluding hydrogens is 442 g/mol. The summed E-state index contributed by atoms with van der Waals surface area (Å²) in [5.41, 5.74) is 9.80. The minimum absolute atomic E-state index is 0.0224. The molecule has 0 saturated heterocycles. The van der Waals surface area contributed by atoms with Crippen molar-refractivity contribution in [2.45, 2.75) is 5.92 Å². The van der Waals surface area contributed by atoms with Gasteiger partial charge in [-0.2, -0.15) is 0 Å². The van der Waals surface area contributed by atoms with Crippen LogP contribution in [0.5, 0.6) is 0 Å². The number of aliphatic imine (C=N–C) groups is 1. The topological polar surface area (TPSA) is 108 Å². The van der Waals surface area contributed by atoms with E-state index in [4.69, 9.17) is 10.7 Å². The van der Waals surface area contributed by atoms with Crippen molar-refractivity contribution in [1.29, 1.82) is 0 Å². The van der Waals surface area contributed by atoms with Gasteiger partial charge in [0.25, 0.3) is 0 Å². The van der Waals surface area contributed by atoms with Gasteiger partial charge in [-0.05, 0) is 61.6 Å². The zero-order valence-electron chi connectivity index (χ0n) is 19.9. The minimum atomic E-state index is -0.654. The van der Waals surface area contributed by atoms with E-state index >= 15 is 0 Å². The van der Waals surface area contributed by atoms with Crippen molar-refractivity contribution in [3.63, 3.8) is 0 Å². The summed E-state index contributed by atoms with van der Waals surface area (Å²) in [5, 5.41) is 2.86. The van der Waals surface area contributed by atoms with E-state index in [1.165, 1.54) is 0 Å². The standard InChI is InChI=1S/C27H27N5O3/c1-31(2)16-23(33)32(3)20-12-10-19(11-13-20)29-25(17-7-5-4-6-8-17)24-21-14-9-18(26(28)34)15-22(21)30-27(24)35/h4-15,24H,16H2,1-3H3,(H2,28,34)(H,30,35). The Bertz CT molecular complexity index is 1300. The number of fused-ring (bicyclic) bond motifs is 1. The van der Waals surface area contributed by atoms with Crippen LogP contribution in [-0.4, -0.2) is 56.0 Å². The average Bonchev–Trinajstić information content (AvgIpc) is 3.17. The normalized spacial score (nSPS) is 15.0. The van der Waals surface area contributed by atoms with Crippen molar-refractivity contribution in [2.24, 2.45) is 10.7 Å². The Hall–Kier alpha value is -4.30. The van der Waals surface area contributed by atoms with Crippen molar-refractivity contribution < 1.29 is 14.4 Å². The van der Waals surface area contributed by atoms with Gasteiger partial charge in [-0.3, -0.25) is 19.4 Å². The average molecular weight is 470 g/mol. The van der Waals surface area contributed by atoms with Crippen LogP contribution in [0.15, 0.2) is 77.8 Å². The quantitative estimate of drug-likeness (QED) is 0.518. The maximum absolute atomic E-state index is 13.1. The van der Waals surface area contributed by atoms with Gasteiger partial charge in [-0.15, -0.1) is 0 Å². The molecule has 3 aromatic carbocycles. The van der Waals surface area contributed by atoms with Gasteiger partial charge < -0.3 is 20.9 Å². The number of benzene rings is 3. The Morgan fingerprint density at radius 1 is 0.943 bits per heavy atom. The van der Waals surface area contributed by atoms with Crippen LogP contribution >= 0.6 is 0 Å². The van der Waals surface area contributed by atoms with Crippen LogP contribution in [-0.2, 0) is 9.59 Å². The molecule has 0 aliphatic carbocycles. The number of likely N-dealkylation sites (N-methyl/N-ethyl adjacent to an activating group) is 2. The number of nitrogens with one attached hydrogen (secondary N) is 1. The Morgan fingerprint density at radius 2 is 1.63 bits per heavy atom. The largest absolute Gasteiger partial charge is 0.366 e. The van der Waals surface area contributed by atoms with Gasteiger partial charge >= 0.3 is 0 Å². The molecule has 4 rings (SSSR count). The second-order valence-electron chi connectivity index (χ2n) is 8.66. The molecule has 0 saturated carbocycles. The van der Waals surface area contributed by atoms with Crippen LogP contribution < -0.4 is 16.0 Å². The lowest BCUT2D eigenvalue weighted by Gasteiger charge is -2.20. The molecule has 8 nitrogen and oxygen atoms in total. The monoisotopic (exact) mass is 469 g/mol. The summed E-state index contributed by atoms with van der Waals surface area (Å²) < 4.78 is 0. The fraction of sp³-hybridized carbons (Fsp3) is 0.185. The molecule has 0 radical (unpaired) electrons. The van der Waals surface area contributed by atoms with Crippen LogP contribution in [0.2, 0.25) is 0 Å². The van der Waals surface area contributed by atoms with E-state index in [1.807, 2.05) is 73.6 Å². The zero-order chi connectivity index (χ0) is 25.1. The van der Waals surface area contributed by atoms with Crippen LogP contribution in [0.25, 0.3) is 0 Å². The van der Waals surface area contributed by atoms with Crippen LogP contribution in [0.4, 0.5) is 17.1 Å². The lowest BCUT2D eigenvalue weighted by atomic mass is 9.90. The fourth-order valence-electron chi connectivity index (χ4n) is 4.00. The van der Waals surface area contributed by atoms with Crippen LogP contribution in [0, 0.1) is 0 Å². The predicted molar refractivity (Wildman–Crippen MR) is 137 cm³/mol. The summed E-state index contributed by atoms with van der Waals surface area (Å²) in [6, 6.07) is 21.8. The first-order valence-electron chi connectivity index (χ1n) is 11.1. The molecule has 0 spiro atoms. The number of rotatable bonds is 7. The second-order valence-corrected chi connectivity index (χ2v) is 8.66. The third-order valence-corrected chi connectivity index (χ3v) is 5.82. The van der Waals surface area contributed by atoms with E-state index in [0.717, 1.165) is 16.8 Å². The molecular formula is C27H27N5O3. The lowest BCUT2D eigenvalue weighted by Crippen LogP contribution is -2.34. The molecule has 1 atom stereocenters. The third-order valence-electron chi connectivity index (χ3n) is 5.82. The molecule has 1 unspecified atom stereocenters. The van der Waals surface area contributed by atoms with Gasteiger partial charge in [-0.1, -0.05) is 36.4 Å². The SMILES string of the molecule is CN(C)CC(=O)N(C)c1ccc(N=C(c2ccccc2)C2C(=O)Nc3cc(C(N)=O)ccc32)cc1. The van der Waals surface area contributed by atoms with E-state index < -0.39 is 11.8 Å². The highest BCUT2D eigenvalue weighted by molar-refractivity contribution is 6.24. The number of anilines is 2. The first kappa shape index (κ1) is 23.8. The zero-order valence-corrected chi connectivity index (χ0v) is 19.9. The summed E-state index contributed by atoms with van der Waals surface area (Å²) in [4.78, 5) is 45.3. The molecule has 1 aliphatic heterocycles. The first-order chi connectivity index (χ1) is 16.7. The number of amides is 3. The molecule has 1 heterocycles. The fourth-order valence-corrected chi connectivity index (χ4v) is 4.00. The van der Waals surface area contributed by atoms with Crippen molar-refractivity contribution >= 4 is 40.5 Å². The number of primary amides is 1. The van der Waals surface area contributed by atoms with Gasteiger partial charge in [0.05, 0.1) is 17.9 Å². The highest BCUT2D eigenvalue weighted by atomic mass is 16.2. The van der Waals surface area contributed by atoms with Gasteiger partial charge in [0, 0.05) is 24.0 Å². The number of carbonyl (C=O) groups excluding carboxylic acids is 3. The van der Waals surface area contributed by atoms with Crippen molar-refractivity contribution in [1.82, 2.24) is 4.90 Å². The van der Waals surface area contributed by atoms with E-state index in [2.05, 4.69) is 5.32 Å². The van der Waals surface area contributed by atoms with Crippen molar-refractivity contribution in [3.05, 3.63) is 89.5 Å². The van der Waals surface area contributed by atoms with Crippen LogP contribution in [0.3, 0.4) is 0 Å². The van der Waals surface area contributed by atoms with Crippen LogP contribution in [0.1, 0.15) is 27.4 Å². The summed E-state index contributed by atoms with van der Waals surface area (Å²) >= 11 is 0. The number of carbonyl (C=O) groups is 3. The lowest BCUT2D eigenvalue weighted by molar-refractivity contribution is -0.119. The molecule has 35 heavy (non-hydrogen) atoms. The summed E-state index contributed by atoms with van der Waals surface area (Å²) in [6.45, 7) is 0.308. The first-order valence-corrected chi connectivity index (χ1v) is 11.1. The summed E-state index contributed by atoms with van der Waals surface area (Å²) in [5.74, 6) is -1.46. The van der Waals surface area contributed by atoms with Crippen molar-refractivity contribution in [2.75, 3.05) is 37.9 Å². The minimum Gasteiger partial charge on any atom is -0.366 e. The second kappa shape index (κ2) is 9.90. The van der Waals surface area contributed by atoms with Gasteiger partial charge in [0.15, 0.2) is 0 Å². The van der Waals surface area contributed by atoms with Gasteiger partial charge in [-0.25, -0.2) is 0 Å².